The van der Waals surface area contributed by atoms with Gasteiger partial charge in [-0.15, -0.1) is 0 Å². The molecule has 0 spiro atoms. The standard InChI is InChI=1S/C13H21NO6/c1-13(2,3)20-12(18)14-9(11(16)17)7-5-6-8-10(15)19-4/h6,8-9H,5,7H2,1-4H3,(H,14,18)(H,16,17). The molecular formula is C13H21NO6. The molecule has 0 saturated heterocycles. The molecule has 20 heavy (non-hydrogen) atoms. The molecule has 1 amide bonds. The first-order valence-electron chi connectivity index (χ1n) is 6.12. The molecule has 0 aromatic heterocycles. The van der Waals surface area contributed by atoms with Gasteiger partial charge in [0.2, 0.25) is 0 Å². The smallest absolute Gasteiger partial charge is 0.408 e. The molecule has 0 fully saturated rings. The lowest BCUT2D eigenvalue weighted by Gasteiger charge is -2.21. The number of allylic oxidation sites excluding steroid dienone is 1. The Morgan fingerprint density at radius 2 is 1.90 bits per heavy atom. The molecule has 2 N–H and O–H groups in total. The summed E-state index contributed by atoms with van der Waals surface area (Å²) in [5.74, 6) is -1.68. The third-order valence-electron chi connectivity index (χ3n) is 2.07. The van der Waals surface area contributed by atoms with E-state index in [4.69, 9.17) is 9.84 Å². The molecule has 0 radical (unpaired) electrons. The minimum Gasteiger partial charge on any atom is -0.480 e. The maximum atomic E-state index is 11.5. The molecule has 1 atom stereocenters. The van der Waals surface area contributed by atoms with E-state index in [-0.39, 0.29) is 6.42 Å². The van der Waals surface area contributed by atoms with Crippen LogP contribution in [0.5, 0.6) is 0 Å². The summed E-state index contributed by atoms with van der Waals surface area (Å²) in [4.78, 5) is 33.3. The highest BCUT2D eigenvalue weighted by atomic mass is 16.6. The second kappa shape index (κ2) is 8.19. The number of nitrogens with one attached hydrogen (secondary N) is 1. The highest BCUT2D eigenvalue weighted by Crippen LogP contribution is 2.08. The van der Waals surface area contributed by atoms with Gasteiger partial charge in [-0.1, -0.05) is 6.08 Å². The summed E-state index contributed by atoms with van der Waals surface area (Å²) in [5, 5.41) is 11.3. The van der Waals surface area contributed by atoms with Crippen molar-refractivity contribution in [1.82, 2.24) is 5.32 Å². The molecule has 1 unspecified atom stereocenters. The van der Waals surface area contributed by atoms with Crippen molar-refractivity contribution in [2.24, 2.45) is 0 Å². The van der Waals surface area contributed by atoms with Gasteiger partial charge >= 0.3 is 18.0 Å². The van der Waals surface area contributed by atoms with Gasteiger partial charge in [-0.05, 0) is 33.6 Å². The monoisotopic (exact) mass is 287 g/mol. The predicted molar refractivity (Wildman–Crippen MR) is 71.2 cm³/mol. The number of carbonyl (C=O) groups is 3. The first kappa shape index (κ1) is 17.9. The van der Waals surface area contributed by atoms with Crippen LogP contribution in [-0.4, -0.2) is 41.9 Å². The number of rotatable bonds is 6. The molecule has 0 saturated carbocycles. The van der Waals surface area contributed by atoms with Gasteiger partial charge in [0.15, 0.2) is 0 Å². The number of aliphatic carboxylic acids is 1. The number of carboxylic acid groups (broad SMARTS) is 1. The van der Waals surface area contributed by atoms with E-state index in [9.17, 15) is 14.4 Å². The minimum atomic E-state index is -1.16. The van der Waals surface area contributed by atoms with Crippen LogP contribution >= 0.6 is 0 Å². The first-order valence-corrected chi connectivity index (χ1v) is 6.12. The Labute approximate surface area is 117 Å². The van der Waals surface area contributed by atoms with E-state index in [0.717, 1.165) is 0 Å². The van der Waals surface area contributed by atoms with Crippen LogP contribution in [0.2, 0.25) is 0 Å². The summed E-state index contributed by atoms with van der Waals surface area (Å²) in [7, 11) is 1.25. The zero-order valence-electron chi connectivity index (χ0n) is 12.1. The van der Waals surface area contributed by atoms with Crippen LogP contribution in [-0.2, 0) is 19.1 Å². The lowest BCUT2D eigenvalue weighted by atomic mass is 10.1. The maximum Gasteiger partial charge on any atom is 0.408 e. The number of ether oxygens (including phenoxy) is 2. The molecule has 0 bridgehead atoms. The van der Waals surface area contributed by atoms with Gasteiger partial charge in [0.1, 0.15) is 11.6 Å². The van der Waals surface area contributed by atoms with E-state index in [1.54, 1.807) is 20.8 Å². The van der Waals surface area contributed by atoms with Gasteiger partial charge in [-0.3, -0.25) is 0 Å². The molecule has 0 aliphatic rings. The zero-order chi connectivity index (χ0) is 15.8. The van der Waals surface area contributed by atoms with Gasteiger partial charge in [-0.2, -0.15) is 0 Å². The van der Waals surface area contributed by atoms with Crippen molar-refractivity contribution in [3.63, 3.8) is 0 Å². The first-order chi connectivity index (χ1) is 9.15. The van der Waals surface area contributed by atoms with Gasteiger partial charge in [-0.25, -0.2) is 14.4 Å². The molecule has 0 aromatic rings. The van der Waals surface area contributed by atoms with Crippen LogP contribution in [0.4, 0.5) is 4.79 Å². The lowest BCUT2D eigenvalue weighted by Crippen LogP contribution is -2.43. The predicted octanol–water partition coefficient (Wildman–Crippen LogP) is 1.47. The number of alkyl carbamates (subject to hydrolysis) is 1. The number of carbonyl (C=O) groups excluding carboxylic acids is 2. The van der Waals surface area contributed by atoms with Gasteiger partial charge in [0, 0.05) is 6.08 Å². The average molecular weight is 287 g/mol. The van der Waals surface area contributed by atoms with E-state index in [1.165, 1.54) is 19.3 Å². The van der Waals surface area contributed by atoms with Crippen LogP contribution in [0, 0.1) is 0 Å². The molecule has 0 aliphatic heterocycles. The van der Waals surface area contributed by atoms with Crippen molar-refractivity contribution in [2.75, 3.05) is 7.11 Å². The topological polar surface area (TPSA) is 102 Å². The van der Waals surface area contributed by atoms with Crippen molar-refractivity contribution < 1.29 is 29.0 Å². The van der Waals surface area contributed by atoms with Crippen LogP contribution in [0.25, 0.3) is 0 Å². The van der Waals surface area contributed by atoms with E-state index in [1.807, 2.05) is 0 Å². The van der Waals surface area contributed by atoms with E-state index in [2.05, 4.69) is 10.1 Å². The fraction of sp³-hybridized carbons (Fsp3) is 0.615. The molecule has 7 nitrogen and oxygen atoms in total. The van der Waals surface area contributed by atoms with E-state index < -0.39 is 29.7 Å². The lowest BCUT2D eigenvalue weighted by molar-refractivity contribution is -0.139. The molecule has 7 heteroatoms. The fourth-order valence-electron chi connectivity index (χ4n) is 1.22. The normalized spacial score (nSPS) is 12.8. The Morgan fingerprint density at radius 3 is 2.35 bits per heavy atom. The highest BCUT2D eigenvalue weighted by molar-refractivity contribution is 5.82. The molecule has 0 rings (SSSR count). The third kappa shape index (κ3) is 8.96. The Kier molecular flexibility index (Phi) is 7.35. The number of carboxylic acids is 1. The third-order valence-corrected chi connectivity index (χ3v) is 2.07. The summed E-state index contributed by atoms with van der Waals surface area (Å²) in [5.41, 5.74) is -0.697. The van der Waals surface area contributed by atoms with Gasteiger partial charge in [0.05, 0.1) is 7.11 Å². The number of methoxy groups -OCH3 is 1. The minimum absolute atomic E-state index is 0.141. The van der Waals surface area contributed by atoms with E-state index in [0.29, 0.717) is 6.42 Å². The summed E-state index contributed by atoms with van der Waals surface area (Å²) in [6.45, 7) is 5.05. The second-order valence-electron chi connectivity index (χ2n) is 5.04. The quantitative estimate of drug-likeness (QED) is 0.566. The molecular weight excluding hydrogens is 266 g/mol. The number of hydrogen-bond donors (Lipinski definition) is 2. The number of amides is 1. The number of esters is 1. The molecule has 0 heterocycles. The fourth-order valence-corrected chi connectivity index (χ4v) is 1.22. The summed E-state index contributed by atoms with van der Waals surface area (Å²) in [6, 6.07) is -1.08. The highest BCUT2D eigenvalue weighted by Gasteiger charge is 2.23. The zero-order valence-corrected chi connectivity index (χ0v) is 12.1. The summed E-state index contributed by atoms with van der Waals surface area (Å²) >= 11 is 0. The van der Waals surface area contributed by atoms with Gasteiger partial charge in [0.25, 0.3) is 0 Å². The van der Waals surface area contributed by atoms with Crippen molar-refractivity contribution in [3.05, 3.63) is 12.2 Å². The van der Waals surface area contributed by atoms with Crippen molar-refractivity contribution >= 4 is 18.0 Å². The Balaban J connectivity index is 4.31. The largest absolute Gasteiger partial charge is 0.480 e. The van der Waals surface area contributed by atoms with Crippen LogP contribution in [0.3, 0.4) is 0 Å². The van der Waals surface area contributed by atoms with E-state index >= 15 is 0 Å². The van der Waals surface area contributed by atoms with Crippen LogP contribution in [0.1, 0.15) is 33.6 Å². The van der Waals surface area contributed by atoms with Crippen molar-refractivity contribution in [3.8, 4) is 0 Å². The average Bonchev–Trinajstić information content (AvgIpc) is 2.29. The summed E-state index contributed by atoms with van der Waals surface area (Å²) in [6.07, 6.45) is 2.34. The van der Waals surface area contributed by atoms with Gasteiger partial charge < -0.3 is 19.9 Å². The van der Waals surface area contributed by atoms with Crippen molar-refractivity contribution in [1.29, 1.82) is 0 Å². The molecule has 114 valence electrons. The maximum absolute atomic E-state index is 11.5. The van der Waals surface area contributed by atoms with Crippen molar-refractivity contribution in [2.45, 2.75) is 45.3 Å². The summed E-state index contributed by atoms with van der Waals surface area (Å²) < 4.78 is 9.37. The Hall–Kier alpha value is -2.05. The Morgan fingerprint density at radius 1 is 1.30 bits per heavy atom. The SMILES string of the molecule is COC(=O)C=CCCC(NC(=O)OC(C)(C)C)C(=O)O. The molecule has 0 aliphatic carbocycles. The van der Waals surface area contributed by atoms with Crippen LogP contribution < -0.4 is 5.32 Å². The number of hydrogen-bond acceptors (Lipinski definition) is 5. The second-order valence-corrected chi connectivity index (χ2v) is 5.04. The Bertz CT molecular complexity index is 383. The van der Waals surface area contributed by atoms with Crippen LogP contribution in [0.15, 0.2) is 12.2 Å². The molecule has 0 aromatic carbocycles.